The molecule has 0 radical (unpaired) electrons. The molecule has 1 heterocycles. The molecule has 0 aliphatic carbocycles. The lowest BCUT2D eigenvalue weighted by molar-refractivity contribution is 0.0993. The molecule has 7 heteroatoms. The van der Waals surface area contributed by atoms with Crippen LogP contribution in [-0.2, 0) is 0 Å². The van der Waals surface area contributed by atoms with Gasteiger partial charge in [0.2, 0.25) is 5.89 Å². The first kappa shape index (κ1) is 18.0. The van der Waals surface area contributed by atoms with Crippen LogP contribution in [0.4, 0.5) is 0 Å². The van der Waals surface area contributed by atoms with Crippen molar-refractivity contribution in [3.8, 4) is 23.0 Å². The molecule has 3 rings (SSSR count). The van der Waals surface area contributed by atoms with Gasteiger partial charge in [-0.05, 0) is 25.1 Å². The molecule has 0 saturated carbocycles. The van der Waals surface area contributed by atoms with E-state index in [1.54, 1.807) is 38.5 Å². The maximum Gasteiger partial charge on any atom is 0.277 e. The highest BCUT2D eigenvalue weighted by atomic mass is 32.2. The van der Waals surface area contributed by atoms with E-state index in [-0.39, 0.29) is 11.0 Å². The van der Waals surface area contributed by atoms with Crippen molar-refractivity contribution < 1.29 is 18.7 Å². The Balaban J connectivity index is 1.75. The Kier molecular flexibility index (Phi) is 5.58. The number of thioether (sulfide) groups is 1. The number of Topliss-reactive ketones (excluding diaryl/α,β-unsaturated/α-hetero) is 1. The summed E-state index contributed by atoms with van der Waals surface area (Å²) in [5.74, 6) is 1.56. The van der Waals surface area contributed by atoms with Gasteiger partial charge in [-0.3, -0.25) is 4.79 Å². The van der Waals surface area contributed by atoms with Crippen molar-refractivity contribution in [3.05, 3.63) is 54.1 Å². The topological polar surface area (TPSA) is 74.5 Å². The molecule has 6 nitrogen and oxygen atoms in total. The van der Waals surface area contributed by atoms with E-state index in [0.29, 0.717) is 33.7 Å². The number of nitrogens with zero attached hydrogens (tertiary/aromatic N) is 2. The molecular weight excluding hydrogens is 352 g/mol. The van der Waals surface area contributed by atoms with E-state index in [9.17, 15) is 4.79 Å². The Hall–Kier alpha value is -2.80. The number of carbonyl (C=O) groups is 1. The minimum absolute atomic E-state index is 0.0152. The van der Waals surface area contributed by atoms with Crippen LogP contribution in [0.2, 0.25) is 0 Å². The number of hydrogen-bond acceptors (Lipinski definition) is 7. The molecule has 0 bridgehead atoms. The van der Waals surface area contributed by atoms with Crippen LogP contribution in [0.25, 0.3) is 11.5 Å². The fourth-order valence-electron chi connectivity index (χ4n) is 2.39. The summed E-state index contributed by atoms with van der Waals surface area (Å²) in [6.07, 6.45) is 0. The first-order chi connectivity index (χ1) is 12.6. The van der Waals surface area contributed by atoms with E-state index in [1.165, 1.54) is 11.8 Å². The van der Waals surface area contributed by atoms with Crippen LogP contribution in [0.3, 0.4) is 0 Å². The van der Waals surface area contributed by atoms with Crippen molar-refractivity contribution in [2.75, 3.05) is 14.2 Å². The molecule has 0 saturated heterocycles. The van der Waals surface area contributed by atoms with Crippen molar-refractivity contribution in [3.63, 3.8) is 0 Å². The number of benzene rings is 2. The van der Waals surface area contributed by atoms with E-state index in [2.05, 4.69) is 10.2 Å². The predicted molar refractivity (Wildman–Crippen MR) is 98.9 cm³/mol. The summed E-state index contributed by atoms with van der Waals surface area (Å²) < 4.78 is 16.2. The van der Waals surface area contributed by atoms with Gasteiger partial charge in [0.25, 0.3) is 5.22 Å². The third-order valence-electron chi connectivity index (χ3n) is 3.74. The zero-order valence-corrected chi connectivity index (χ0v) is 15.4. The average Bonchev–Trinajstić information content (AvgIpc) is 3.15. The lowest BCUT2D eigenvalue weighted by Gasteiger charge is -2.08. The van der Waals surface area contributed by atoms with E-state index in [1.807, 2.05) is 31.2 Å². The molecule has 1 unspecified atom stereocenters. The minimum Gasteiger partial charge on any atom is -0.493 e. The molecule has 3 aromatic rings. The molecule has 0 N–H and O–H groups in total. The molecular formula is C19H18N2O4S. The van der Waals surface area contributed by atoms with Crippen LogP contribution in [0, 0.1) is 0 Å². The second-order valence-corrected chi connectivity index (χ2v) is 6.73. The fraction of sp³-hybridized carbons (Fsp3) is 0.211. The number of carbonyl (C=O) groups excluding carboxylic acids is 1. The van der Waals surface area contributed by atoms with Crippen molar-refractivity contribution >= 4 is 17.5 Å². The number of rotatable bonds is 7. The zero-order valence-electron chi connectivity index (χ0n) is 14.6. The summed E-state index contributed by atoms with van der Waals surface area (Å²) in [5, 5.41) is 8.09. The van der Waals surface area contributed by atoms with Gasteiger partial charge in [0.15, 0.2) is 17.3 Å². The van der Waals surface area contributed by atoms with Gasteiger partial charge < -0.3 is 13.9 Å². The smallest absolute Gasteiger partial charge is 0.277 e. The Bertz CT molecular complexity index is 896. The van der Waals surface area contributed by atoms with Crippen molar-refractivity contribution in [2.24, 2.45) is 0 Å². The lowest BCUT2D eigenvalue weighted by atomic mass is 10.1. The molecule has 26 heavy (non-hydrogen) atoms. The molecule has 1 atom stereocenters. The summed E-state index contributed by atoms with van der Waals surface area (Å²) >= 11 is 1.23. The van der Waals surface area contributed by atoms with E-state index in [0.717, 1.165) is 0 Å². The second-order valence-electron chi connectivity index (χ2n) is 5.43. The summed E-state index contributed by atoms with van der Waals surface area (Å²) in [4.78, 5) is 12.4. The summed E-state index contributed by atoms with van der Waals surface area (Å²) in [5.41, 5.74) is 1.37. The number of hydrogen-bond donors (Lipinski definition) is 0. The van der Waals surface area contributed by atoms with Crippen LogP contribution in [0.15, 0.2) is 58.2 Å². The third-order valence-corrected chi connectivity index (χ3v) is 4.68. The maximum atomic E-state index is 12.4. The van der Waals surface area contributed by atoms with Crippen LogP contribution in [-0.4, -0.2) is 35.5 Å². The Morgan fingerprint density at radius 1 is 1.04 bits per heavy atom. The largest absolute Gasteiger partial charge is 0.493 e. The highest BCUT2D eigenvalue weighted by molar-refractivity contribution is 8.00. The second kappa shape index (κ2) is 8.05. The lowest BCUT2D eigenvalue weighted by Crippen LogP contribution is -2.13. The van der Waals surface area contributed by atoms with Crippen molar-refractivity contribution in [1.82, 2.24) is 10.2 Å². The highest BCUT2D eigenvalue weighted by Gasteiger charge is 2.20. The molecule has 0 fully saturated rings. The molecule has 0 amide bonds. The zero-order chi connectivity index (χ0) is 18.5. The van der Waals surface area contributed by atoms with Gasteiger partial charge in [-0.15, -0.1) is 10.2 Å². The predicted octanol–water partition coefficient (Wildman–Crippen LogP) is 4.12. The van der Waals surface area contributed by atoms with Crippen molar-refractivity contribution in [1.29, 1.82) is 0 Å². The van der Waals surface area contributed by atoms with Gasteiger partial charge >= 0.3 is 0 Å². The standard InChI is InChI=1S/C19H18N2O4S/c1-12(17(22)13-7-5-4-6-8-13)26-19-21-20-18(25-19)14-9-10-15(23-2)16(11-14)24-3/h4-12H,1-3H3. The SMILES string of the molecule is COc1ccc(-c2nnc(SC(C)C(=O)c3ccccc3)o2)cc1OC. The van der Waals surface area contributed by atoms with E-state index < -0.39 is 0 Å². The Morgan fingerprint density at radius 3 is 2.46 bits per heavy atom. The summed E-state index contributed by atoms with van der Waals surface area (Å²) in [6.45, 7) is 1.82. The quantitative estimate of drug-likeness (QED) is 0.457. The number of methoxy groups -OCH3 is 2. The number of aromatic nitrogens is 2. The van der Waals surface area contributed by atoms with E-state index in [4.69, 9.17) is 13.9 Å². The van der Waals surface area contributed by atoms with Gasteiger partial charge in [0, 0.05) is 11.1 Å². The van der Waals surface area contributed by atoms with Crippen LogP contribution >= 0.6 is 11.8 Å². The monoisotopic (exact) mass is 370 g/mol. The third kappa shape index (κ3) is 3.88. The molecule has 0 aliphatic rings. The Labute approximate surface area is 155 Å². The summed E-state index contributed by atoms with van der Waals surface area (Å²) in [7, 11) is 3.14. The van der Waals surface area contributed by atoms with Gasteiger partial charge in [0.05, 0.1) is 19.5 Å². The highest BCUT2D eigenvalue weighted by Crippen LogP contribution is 2.33. The van der Waals surface area contributed by atoms with Crippen LogP contribution in [0.1, 0.15) is 17.3 Å². The molecule has 2 aromatic carbocycles. The molecule has 0 aliphatic heterocycles. The summed E-state index contributed by atoms with van der Waals surface area (Å²) in [6, 6.07) is 14.5. The first-order valence-electron chi connectivity index (χ1n) is 7.94. The maximum absolute atomic E-state index is 12.4. The number of ether oxygens (including phenoxy) is 2. The van der Waals surface area contributed by atoms with Gasteiger partial charge in [-0.25, -0.2) is 0 Å². The van der Waals surface area contributed by atoms with E-state index >= 15 is 0 Å². The molecule has 1 aromatic heterocycles. The fourth-order valence-corrected chi connectivity index (χ4v) is 3.15. The first-order valence-corrected chi connectivity index (χ1v) is 8.82. The molecule has 0 spiro atoms. The average molecular weight is 370 g/mol. The van der Waals surface area contributed by atoms with Gasteiger partial charge in [0.1, 0.15) is 0 Å². The van der Waals surface area contributed by atoms with Gasteiger partial charge in [-0.1, -0.05) is 42.1 Å². The van der Waals surface area contributed by atoms with Crippen LogP contribution in [0.5, 0.6) is 11.5 Å². The van der Waals surface area contributed by atoms with Crippen molar-refractivity contribution in [2.45, 2.75) is 17.4 Å². The Morgan fingerprint density at radius 2 is 1.77 bits per heavy atom. The number of ketones is 1. The normalized spacial score (nSPS) is 11.8. The van der Waals surface area contributed by atoms with Crippen LogP contribution < -0.4 is 9.47 Å². The van der Waals surface area contributed by atoms with Gasteiger partial charge in [-0.2, -0.15) is 0 Å². The minimum atomic E-state index is -0.337. The molecule has 134 valence electrons.